The van der Waals surface area contributed by atoms with Crippen LogP contribution in [0.25, 0.3) is 0 Å². The number of benzene rings is 1. The van der Waals surface area contributed by atoms with Crippen LogP contribution in [0.2, 0.25) is 0 Å². The first kappa shape index (κ1) is 17.8. The second-order valence-electron chi connectivity index (χ2n) is 5.70. The quantitative estimate of drug-likeness (QED) is 0.706. The summed E-state index contributed by atoms with van der Waals surface area (Å²) in [4.78, 5) is 14.3. The summed E-state index contributed by atoms with van der Waals surface area (Å²) in [6, 6.07) is 7.92. The topological polar surface area (TPSA) is 50.8 Å². The highest BCUT2D eigenvalue weighted by Gasteiger charge is 2.10. The molecule has 0 aromatic heterocycles. The SMILES string of the molecule is CCOc1ccccc1CCC(=O)NCCCN1CCOCC1. The van der Waals surface area contributed by atoms with Gasteiger partial charge in [0.05, 0.1) is 19.8 Å². The van der Waals surface area contributed by atoms with Crippen molar-refractivity contribution in [2.24, 2.45) is 0 Å². The molecule has 0 radical (unpaired) electrons. The number of hydrogen-bond acceptors (Lipinski definition) is 4. The number of aryl methyl sites for hydroxylation is 1. The van der Waals surface area contributed by atoms with Crippen LogP contribution in [0, 0.1) is 0 Å². The Morgan fingerprint density at radius 2 is 2.09 bits per heavy atom. The Morgan fingerprint density at radius 3 is 2.87 bits per heavy atom. The minimum absolute atomic E-state index is 0.110. The molecule has 1 saturated heterocycles. The fourth-order valence-corrected chi connectivity index (χ4v) is 2.70. The second kappa shape index (κ2) is 10.2. The lowest BCUT2D eigenvalue weighted by molar-refractivity contribution is -0.121. The Labute approximate surface area is 139 Å². The van der Waals surface area contributed by atoms with Crippen molar-refractivity contribution < 1.29 is 14.3 Å². The number of nitrogens with one attached hydrogen (secondary N) is 1. The molecule has 5 heteroatoms. The summed E-state index contributed by atoms with van der Waals surface area (Å²) in [5.41, 5.74) is 1.10. The molecule has 1 heterocycles. The molecular formula is C18H28N2O3. The number of nitrogens with zero attached hydrogens (tertiary/aromatic N) is 1. The van der Waals surface area contributed by atoms with Crippen LogP contribution in [-0.2, 0) is 16.0 Å². The van der Waals surface area contributed by atoms with Gasteiger partial charge in [0.1, 0.15) is 5.75 Å². The summed E-state index contributed by atoms with van der Waals surface area (Å²) < 4.78 is 10.9. The van der Waals surface area contributed by atoms with E-state index in [1.54, 1.807) is 0 Å². The summed E-state index contributed by atoms with van der Waals surface area (Å²) in [5.74, 6) is 0.994. The Morgan fingerprint density at radius 1 is 1.30 bits per heavy atom. The molecule has 1 N–H and O–H groups in total. The molecule has 1 aromatic carbocycles. The molecule has 23 heavy (non-hydrogen) atoms. The zero-order valence-electron chi connectivity index (χ0n) is 14.1. The molecule has 128 valence electrons. The number of carbonyl (C=O) groups excluding carboxylic acids is 1. The predicted octanol–water partition coefficient (Wildman–Crippen LogP) is 1.86. The molecule has 0 unspecified atom stereocenters. The third-order valence-corrected chi connectivity index (χ3v) is 3.97. The monoisotopic (exact) mass is 320 g/mol. The van der Waals surface area contributed by atoms with Crippen LogP contribution in [-0.4, -0.2) is 56.8 Å². The van der Waals surface area contributed by atoms with Crippen LogP contribution in [0.3, 0.4) is 0 Å². The molecule has 1 amide bonds. The lowest BCUT2D eigenvalue weighted by Gasteiger charge is -2.26. The number of morpholine rings is 1. The molecule has 0 atom stereocenters. The molecule has 0 spiro atoms. The van der Waals surface area contributed by atoms with Gasteiger partial charge in [0.2, 0.25) is 5.91 Å². The highest BCUT2D eigenvalue weighted by molar-refractivity contribution is 5.76. The summed E-state index contributed by atoms with van der Waals surface area (Å²) >= 11 is 0. The third-order valence-electron chi connectivity index (χ3n) is 3.97. The highest BCUT2D eigenvalue weighted by atomic mass is 16.5. The maximum atomic E-state index is 12.0. The van der Waals surface area contributed by atoms with Crippen LogP contribution >= 0.6 is 0 Å². The zero-order chi connectivity index (χ0) is 16.3. The van der Waals surface area contributed by atoms with E-state index in [4.69, 9.17) is 9.47 Å². The van der Waals surface area contributed by atoms with E-state index >= 15 is 0 Å². The number of para-hydroxylation sites is 1. The van der Waals surface area contributed by atoms with Crippen molar-refractivity contribution in [2.45, 2.75) is 26.2 Å². The van der Waals surface area contributed by atoms with Crippen LogP contribution in [0.15, 0.2) is 24.3 Å². The summed E-state index contributed by atoms with van der Waals surface area (Å²) in [6.45, 7) is 8.03. The Balaban J connectivity index is 1.61. The molecule has 0 bridgehead atoms. The molecule has 0 saturated carbocycles. The fourth-order valence-electron chi connectivity index (χ4n) is 2.70. The number of hydrogen-bond donors (Lipinski definition) is 1. The molecule has 1 aromatic rings. The van der Waals surface area contributed by atoms with Gasteiger partial charge in [-0.1, -0.05) is 18.2 Å². The van der Waals surface area contributed by atoms with Crippen molar-refractivity contribution in [1.82, 2.24) is 10.2 Å². The summed E-state index contributed by atoms with van der Waals surface area (Å²) in [6.07, 6.45) is 2.20. The first-order valence-corrected chi connectivity index (χ1v) is 8.57. The fraction of sp³-hybridized carbons (Fsp3) is 0.611. The van der Waals surface area contributed by atoms with Gasteiger partial charge in [-0.05, 0) is 37.9 Å². The van der Waals surface area contributed by atoms with Gasteiger partial charge in [0, 0.05) is 26.1 Å². The number of amides is 1. The number of rotatable bonds is 9. The molecule has 1 aliphatic rings. The van der Waals surface area contributed by atoms with Crippen molar-refractivity contribution in [3.05, 3.63) is 29.8 Å². The van der Waals surface area contributed by atoms with E-state index in [1.807, 2.05) is 31.2 Å². The van der Waals surface area contributed by atoms with Gasteiger partial charge >= 0.3 is 0 Å². The smallest absolute Gasteiger partial charge is 0.220 e. The van der Waals surface area contributed by atoms with E-state index in [0.29, 0.717) is 19.4 Å². The normalized spacial score (nSPS) is 15.3. The first-order chi connectivity index (χ1) is 11.3. The van der Waals surface area contributed by atoms with E-state index in [-0.39, 0.29) is 5.91 Å². The van der Waals surface area contributed by atoms with Crippen molar-refractivity contribution >= 4 is 5.91 Å². The minimum atomic E-state index is 0.110. The Hall–Kier alpha value is -1.59. The van der Waals surface area contributed by atoms with E-state index in [1.165, 1.54) is 0 Å². The molecular weight excluding hydrogens is 292 g/mol. The van der Waals surface area contributed by atoms with Gasteiger partial charge in [-0.2, -0.15) is 0 Å². The average molecular weight is 320 g/mol. The highest BCUT2D eigenvalue weighted by Crippen LogP contribution is 2.19. The van der Waals surface area contributed by atoms with Gasteiger partial charge in [-0.25, -0.2) is 0 Å². The largest absolute Gasteiger partial charge is 0.494 e. The Kier molecular flexibility index (Phi) is 7.90. The van der Waals surface area contributed by atoms with Crippen molar-refractivity contribution in [3.63, 3.8) is 0 Å². The number of ether oxygens (including phenoxy) is 2. The standard InChI is InChI=1S/C18H28N2O3/c1-2-23-17-7-4-3-6-16(17)8-9-18(21)19-10-5-11-20-12-14-22-15-13-20/h3-4,6-7H,2,5,8-15H2,1H3,(H,19,21). The van der Waals surface area contributed by atoms with Crippen molar-refractivity contribution in [3.8, 4) is 5.75 Å². The minimum Gasteiger partial charge on any atom is -0.494 e. The molecule has 2 rings (SSSR count). The summed E-state index contributed by atoms with van der Waals surface area (Å²) in [5, 5.41) is 3.01. The first-order valence-electron chi connectivity index (χ1n) is 8.57. The van der Waals surface area contributed by atoms with Gasteiger partial charge in [-0.3, -0.25) is 9.69 Å². The van der Waals surface area contributed by atoms with E-state index < -0.39 is 0 Å². The third kappa shape index (κ3) is 6.59. The van der Waals surface area contributed by atoms with Crippen LogP contribution < -0.4 is 10.1 Å². The molecule has 0 aliphatic carbocycles. The molecule has 1 fully saturated rings. The maximum Gasteiger partial charge on any atom is 0.220 e. The van der Waals surface area contributed by atoms with E-state index in [2.05, 4.69) is 10.2 Å². The van der Waals surface area contributed by atoms with Crippen molar-refractivity contribution in [2.75, 3.05) is 46.0 Å². The van der Waals surface area contributed by atoms with Crippen LogP contribution in [0.5, 0.6) is 5.75 Å². The summed E-state index contributed by atoms with van der Waals surface area (Å²) in [7, 11) is 0. The van der Waals surface area contributed by atoms with Crippen molar-refractivity contribution in [1.29, 1.82) is 0 Å². The van der Waals surface area contributed by atoms with E-state index in [0.717, 1.165) is 57.1 Å². The number of carbonyl (C=O) groups is 1. The van der Waals surface area contributed by atoms with E-state index in [9.17, 15) is 4.79 Å². The lowest BCUT2D eigenvalue weighted by Crippen LogP contribution is -2.38. The predicted molar refractivity (Wildman–Crippen MR) is 90.8 cm³/mol. The Bertz CT molecular complexity index is 473. The maximum absolute atomic E-state index is 12.0. The van der Waals surface area contributed by atoms with Crippen LogP contribution in [0.1, 0.15) is 25.3 Å². The van der Waals surface area contributed by atoms with Gasteiger partial charge in [-0.15, -0.1) is 0 Å². The van der Waals surface area contributed by atoms with Gasteiger partial charge in [0.15, 0.2) is 0 Å². The molecule has 5 nitrogen and oxygen atoms in total. The van der Waals surface area contributed by atoms with Gasteiger partial charge in [0.25, 0.3) is 0 Å². The average Bonchev–Trinajstić information content (AvgIpc) is 2.59. The van der Waals surface area contributed by atoms with Crippen LogP contribution in [0.4, 0.5) is 0 Å². The molecule has 1 aliphatic heterocycles. The zero-order valence-corrected chi connectivity index (χ0v) is 14.1. The lowest BCUT2D eigenvalue weighted by atomic mass is 10.1. The van der Waals surface area contributed by atoms with Gasteiger partial charge < -0.3 is 14.8 Å². The second-order valence-corrected chi connectivity index (χ2v) is 5.70.